The molecule has 5 heteroatoms. The molecule has 0 amide bonds. The highest BCUT2D eigenvalue weighted by Gasteiger charge is 2.15. The first-order valence-corrected chi connectivity index (χ1v) is 7.73. The number of nitrogens with one attached hydrogen (secondary N) is 1. The summed E-state index contributed by atoms with van der Waals surface area (Å²) >= 11 is 5.19. The van der Waals surface area contributed by atoms with Gasteiger partial charge in [-0.25, -0.2) is 4.98 Å². The number of thiazole rings is 1. The third kappa shape index (κ3) is 3.55. The second-order valence-electron chi connectivity index (χ2n) is 4.29. The zero-order valence-electron chi connectivity index (χ0n) is 11.2. The van der Waals surface area contributed by atoms with E-state index in [-0.39, 0.29) is 6.04 Å². The van der Waals surface area contributed by atoms with Gasteiger partial charge in [0.1, 0.15) is 5.75 Å². The maximum atomic E-state index is 5.42. The Labute approximate surface area is 126 Å². The summed E-state index contributed by atoms with van der Waals surface area (Å²) in [4.78, 5) is 4.56. The minimum absolute atomic E-state index is 0.202. The van der Waals surface area contributed by atoms with Crippen LogP contribution in [0.3, 0.4) is 0 Å². The van der Waals surface area contributed by atoms with Gasteiger partial charge in [0.2, 0.25) is 0 Å². The quantitative estimate of drug-likeness (QED) is 0.900. The smallest absolute Gasteiger partial charge is 0.122 e. The van der Waals surface area contributed by atoms with Gasteiger partial charge in [0.15, 0.2) is 0 Å². The largest absolute Gasteiger partial charge is 0.496 e. The summed E-state index contributed by atoms with van der Waals surface area (Å²) in [6.07, 6.45) is 0.849. The van der Waals surface area contributed by atoms with Gasteiger partial charge in [-0.3, -0.25) is 0 Å². The van der Waals surface area contributed by atoms with Crippen molar-refractivity contribution in [3.63, 3.8) is 0 Å². The van der Waals surface area contributed by atoms with Crippen molar-refractivity contribution in [2.75, 3.05) is 14.2 Å². The monoisotopic (exact) mass is 340 g/mol. The molecule has 2 aromatic rings. The maximum absolute atomic E-state index is 5.42. The van der Waals surface area contributed by atoms with Crippen molar-refractivity contribution in [2.45, 2.75) is 19.4 Å². The van der Waals surface area contributed by atoms with Crippen LogP contribution in [0.15, 0.2) is 28.1 Å². The second-order valence-corrected chi connectivity index (χ2v) is 6.27. The highest BCUT2D eigenvalue weighted by Crippen LogP contribution is 2.28. The second kappa shape index (κ2) is 6.50. The van der Waals surface area contributed by atoms with Gasteiger partial charge in [0.05, 0.1) is 23.9 Å². The van der Waals surface area contributed by atoms with E-state index >= 15 is 0 Å². The van der Waals surface area contributed by atoms with Crippen molar-refractivity contribution >= 4 is 27.3 Å². The number of likely N-dealkylation sites (N-methyl/N-ethyl adjacent to an activating group) is 1. The molecule has 1 N–H and O–H groups in total. The number of benzene rings is 1. The third-order valence-corrected chi connectivity index (χ3v) is 4.29. The third-order valence-electron chi connectivity index (χ3n) is 3.01. The van der Waals surface area contributed by atoms with Crippen molar-refractivity contribution in [2.24, 2.45) is 0 Å². The van der Waals surface area contributed by atoms with Crippen molar-refractivity contribution in [1.82, 2.24) is 10.3 Å². The Balaban J connectivity index is 2.25. The molecule has 0 saturated carbocycles. The number of nitrogens with zero attached hydrogens (tertiary/aromatic N) is 1. The minimum Gasteiger partial charge on any atom is -0.496 e. The molecule has 102 valence electrons. The fourth-order valence-electron chi connectivity index (χ4n) is 2.02. The molecule has 1 atom stereocenters. The molecule has 1 unspecified atom stereocenters. The van der Waals surface area contributed by atoms with Crippen LogP contribution in [-0.2, 0) is 6.42 Å². The molecule has 0 fully saturated rings. The molecule has 0 aliphatic rings. The van der Waals surface area contributed by atoms with Crippen LogP contribution in [-0.4, -0.2) is 19.1 Å². The summed E-state index contributed by atoms with van der Waals surface area (Å²) in [5.74, 6) is 0.912. The lowest BCUT2D eigenvalue weighted by Crippen LogP contribution is -2.19. The maximum Gasteiger partial charge on any atom is 0.122 e. The first-order valence-electron chi connectivity index (χ1n) is 6.05. The van der Waals surface area contributed by atoms with Crippen LogP contribution in [0.25, 0.3) is 0 Å². The molecule has 0 aliphatic heterocycles. The Bertz CT molecular complexity index is 556. The topological polar surface area (TPSA) is 34.1 Å². The van der Waals surface area contributed by atoms with E-state index in [2.05, 4.69) is 37.7 Å². The van der Waals surface area contributed by atoms with Gasteiger partial charge in [-0.2, -0.15) is 0 Å². The number of hydrogen-bond donors (Lipinski definition) is 1. The van der Waals surface area contributed by atoms with E-state index in [9.17, 15) is 0 Å². The molecule has 0 bridgehead atoms. The highest BCUT2D eigenvalue weighted by molar-refractivity contribution is 9.10. The van der Waals surface area contributed by atoms with Gasteiger partial charge in [-0.15, -0.1) is 11.3 Å². The van der Waals surface area contributed by atoms with Crippen LogP contribution >= 0.6 is 27.3 Å². The van der Waals surface area contributed by atoms with Crippen LogP contribution in [0.1, 0.15) is 22.3 Å². The van der Waals surface area contributed by atoms with Gasteiger partial charge >= 0.3 is 0 Å². The fraction of sp³-hybridized carbons (Fsp3) is 0.357. The summed E-state index contributed by atoms with van der Waals surface area (Å²) in [6, 6.07) is 6.28. The Morgan fingerprint density at radius 1 is 1.47 bits per heavy atom. The Morgan fingerprint density at radius 2 is 2.26 bits per heavy atom. The van der Waals surface area contributed by atoms with E-state index in [1.165, 1.54) is 5.56 Å². The van der Waals surface area contributed by atoms with Crippen molar-refractivity contribution < 1.29 is 4.74 Å². The van der Waals surface area contributed by atoms with Crippen molar-refractivity contribution in [1.29, 1.82) is 0 Å². The summed E-state index contributed by atoms with van der Waals surface area (Å²) < 4.78 is 6.48. The predicted molar refractivity (Wildman–Crippen MR) is 83.0 cm³/mol. The number of aromatic nitrogens is 1. The van der Waals surface area contributed by atoms with Crippen LogP contribution in [0, 0.1) is 6.92 Å². The van der Waals surface area contributed by atoms with E-state index in [1.54, 1.807) is 18.4 Å². The molecule has 1 heterocycles. The number of methoxy groups -OCH3 is 1. The molecule has 0 radical (unpaired) electrons. The van der Waals surface area contributed by atoms with Crippen LogP contribution < -0.4 is 10.1 Å². The van der Waals surface area contributed by atoms with Crippen molar-refractivity contribution in [3.05, 3.63) is 44.3 Å². The van der Waals surface area contributed by atoms with E-state index in [0.717, 1.165) is 27.3 Å². The molecule has 1 aromatic heterocycles. The van der Waals surface area contributed by atoms with Crippen LogP contribution in [0.5, 0.6) is 5.75 Å². The summed E-state index contributed by atoms with van der Waals surface area (Å²) in [5, 5.41) is 6.53. The number of aryl methyl sites for hydroxylation is 1. The van der Waals surface area contributed by atoms with Gasteiger partial charge in [-0.05, 0) is 44.2 Å². The Hall–Kier alpha value is -0.910. The number of rotatable bonds is 5. The fourth-order valence-corrected chi connectivity index (χ4v) is 3.10. The average molecular weight is 341 g/mol. The lowest BCUT2D eigenvalue weighted by Gasteiger charge is -2.16. The van der Waals surface area contributed by atoms with Gasteiger partial charge in [0, 0.05) is 9.85 Å². The number of halogens is 1. The number of ether oxygens (including phenoxy) is 1. The average Bonchev–Trinajstić information content (AvgIpc) is 2.82. The molecule has 0 aliphatic carbocycles. The highest BCUT2D eigenvalue weighted by atomic mass is 79.9. The lowest BCUT2D eigenvalue weighted by atomic mass is 10.0. The molecule has 1 aromatic carbocycles. The van der Waals surface area contributed by atoms with E-state index in [0.29, 0.717) is 0 Å². The molecular weight excluding hydrogens is 324 g/mol. The van der Waals surface area contributed by atoms with E-state index in [4.69, 9.17) is 4.74 Å². The van der Waals surface area contributed by atoms with E-state index < -0.39 is 0 Å². The normalized spacial score (nSPS) is 12.4. The molecule has 0 spiro atoms. The standard InChI is InChI=1S/C14H17BrN2OS/c1-9-17-13(8-19-9)12(16-2)7-10-6-11(15)4-5-14(10)18-3/h4-6,8,12,16H,7H2,1-3H3. The van der Waals surface area contributed by atoms with Crippen molar-refractivity contribution in [3.8, 4) is 5.75 Å². The summed E-state index contributed by atoms with van der Waals surface area (Å²) in [5.41, 5.74) is 2.26. The zero-order valence-corrected chi connectivity index (χ0v) is 13.6. The Morgan fingerprint density at radius 3 is 2.84 bits per heavy atom. The first kappa shape index (κ1) is 14.5. The summed E-state index contributed by atoms with van der Waals surface area (Å²) in [6.45, 7) is 2.03. The molecule has 3 nitrogen and oxygen atoms in total. The molecular formula is C14H17BrN2OS. The Kier molecular flexibility index (Phi) is 4.96. The molecule has 19 heavy (non-hydrogen) atoms. The lowest BCUT2D eigenvalue weighted by molar-refractivity contribution is 0.406. The SMILES string of the molecule is CNC(Cc1cc(Br)ccc1OC)c1csc(C)n1. The van der Waals surface area contributed by atoms with Gasteiger partial charge in [0.25, 0.3) is 0 Å². The van der Waals surface area contributed by atoms with E-state index in [1.807, 2.05) is 26.1 Å². The first-order chi connectivity index (χ1) is 9.13. The van der Waals surface area contributed by atoms with Gasteiger partial charge < -0.3 is 10.1 Å². The number of hydrogen-bond acceptors (Lipinski definition) is 4. The predicted octanol–water partition coefficient (Wildman–Crippen LogP) is 3.73. The zero-order chi connectivity index (χ0) is 13.8. The van der Waals surface area contributed by atoms with Crippen LogP contribution in [0.4, 0.5) is 0 Å². The minimum atomic E-state index is 0.202. The summed E-state index contributed by atoms with van der Waals surface area (Å²) in [7, 11) is 3.66. The van der Waals surface area contributed by atoms with Gasteiger partial charge in [-0.1, -0.05) is 15.9 Å². The molecule has 2 rings (SSSR count). The van der Waals surface area contributed by atoms with Crippen LogP contribution in [0.2, 0.25) is 0 Å². The molecule has 0 saturated heterocycles.